The highest BCUT2D eigenvalue weighted by atomic mass is 32.2. The first-order chi connectivity index (χ1) is 5.90. The van der Waals surface area contributed by atoms with Crippen LogP contribution in [0, 0.1) is 13.8 Å². The Balaban J connectivity index is 3.47. The molecule has 0 spiro atoms. The Morgan fingerprint density at radius 3 is 2.23 bits per heavy atom. The third kappa shape index (κ3) is 1.59. The van der Waals surface area contributed by atoms with E-state index in [1.807, 2.05) is 0 Å². The van der Waals surface area contributed by atoms with Crippen molar-refractivity contribution in [3.05, 3.63) is 11.4 Å². The topological polar surface area (TPSA) is 61.2 Å². The van der Waals surface area contributed by atoms with E-state index >= 15 is 0 Å². The minimum Gasteiger partial charge on any atom is -0.271 e. The predicted molar refractivity (Wildman–Crippen MR) is 46.9 cm³/mol. The molecule has 1 rings (SSSR count). The van der Waals surface area contributed by atoms with Crippen molar-refractivity contribution in [3.8, 4) is 0 Å². The highest BCUT2D eigenvalue weighted by Crippen LogP contribution is 2.19. The van der Waals surface area contributed by atoms with Gasteiger partial charge in [0.1, 0.15) is 4.90 Å². The van der Waals surface area contributed by atoms with Gasteiger partial charge < -0.3 is 0 Å². The molecule has 0 aromatic carbocycles. The van der Waals surface area contributed by atoms with Gasteiger partial charge >= 0.3 is 0 Å². The monoisotopic (exact) mass is 204 g/mol. The molecule has 5 nitrogen and oxygen atoms in total. The highest BCUT2D eigenvalue weighted by molar-refractivity contribution is 7.86. The van der Waals surface area contributed by atoms with E-state index in [4.69, 9.17) is 0 Å². The summed E-state index contributed by atoms with van der Waals surface area (Å²) in [6.07, 6.45) is 0. The van der Waals surface area contributed by atoms with Crippen molar-refractivity contribution in [2.45, 2.75) is 18.7 Å². The van der Waals surface area contributed by atoms with Gasteiger partial charge in [-0.25, -0.2) is 0 Å². The predicted octanol–water partition coefficient (Wildman–Crippen LogP) is 0.372. The van der Waals surface area contributed by atoms with Crippen molar-refractivity contribution < 1.29 is 12.6 Å². The average molecular weight is 204 g/mol. The first-order valence-corrected chi connectivity index (χ1v) is 5.12. The number of aromatic nitrogens is 2. The Hall–Kier alpha value is -0.880. The summed E-state index contributed by atoms with van der Waals surface area (Å²) in [6.45, 7) is 3.32. The molecule has 0 aliphatic rings. The molecule has 13 heavy (non-hydrogen) atoms. The normalized spacial score (nSPS) is 12.0. The van der Waals surface area contributed by atoms with E-state index in [2.05, 4.69) is 9.28 Å². The zero-order valence-electron chi connectivity index (χ0n) is 8.03. The molecule has 1 aromatic rings. The summed E-state index contributed by atoms with van der Waals surface area (Å²) >= 11 is 0. The third-order valence-corrected chi connectivity index (χ3v) is 3.44. The molecule has 0 amide bonds. The van der Waals surface area contributed by atoms with Gasteiger partial charge in [-0.3, -0.25) is 8.86 Å². The first kappa shape index (κ1) is 10.2. The van der Waals surface area contributed by atoms with Crippen molar-refractivity contribution >= 4 is 10.1 Å². The van der Waals surface area contributed by atoms with Crippen LogP contribution in [0.3, 0.4) is 0 Å². The van der Waals surface area contributed by atoms with Gasteiger partial charge in [0.25, 0.3) is 10.1 Å². The summed E-state index contributed by atoms with van der Waals surface area (Å²) in [6, 6.07) is 0. The molecule has 1 aromatic heterocycles. The van der Waals surface area contributed by atoms with Crippen molar-refractivity contribution in [1.29, 1.82) is 0 Å². The van der Waals surface area contributed by atoms with Crippen LogP contribution in [0.4, 0.5) is 0 Å². The first-order valence-electron chi connectivity index (χ1n) is 3.71. The van der Waals surface area contributed by atoms with E-state index in [9.17, 15) is 8.42 Å². The van der Waals surface area contributed by atoms with Crippen LogP contribution in [0.15, 0.2) is 4.90 Å². The highest BCUT2D eigenvalue weighted by Gasteiger charge is 2.22. The smallest absolute Gasteiger partial charge is 0.271 e. The van der Waals surface area contributed by atoms with Gasteiger partial charge in [0.2, 0.25) is 0 Å². The van der Waals surface area contributed by atoms with Gasteiger partial charge in [0.15, 0.2) is 0 Å². The van der Waals surface area contributed by atoms with Crippen LogP contribution in [-0.4, -0.2) is 25.3 Å². The van der Waals surface area contributed by atoms with Gasteiger partial charge in [-0.05, 0) is 13.8 Å². The molecule has 0 aliphatic heterocycles. The van der Waals surface area contributed by atoms with Gasteiger partial charge in [-0.15, -0.1) is 0 Å². The lowest BCUT2D eigenvalue weighted by molar-refractivity contribution is 0.397. The van der Waals surface area contributed by atoms with Crippen molar-refractivity contribution in [2.24, 2.45) is 7.05 Å². The van der Waals surface area contributed by atoms with Crippen LogP contribution in [0.5, 0.6) is 0 Å². The minimum atomic E-state index is -3.62. The van der Waals surface area contributed by atoms with E-state index in [1.165, 1.54) is 4.68 Å². The number of hydrogen-bond acceptors (Lipinski definition) is 4. The quantitative estimate of drug-likeness (QED) is 0.653. The van der Waals surface area contributed by atoms with Crippen molar-refractivity contribution in [1.82, 2.24) is 9.78 Å². The van der Waals surface area contributed by atoms with Crippen molar-refractivity contribution in [3.63, 3.8) is 0 Å². The maximum absolute atomic E-state index is 11.4. The maximum Gasteiger partial charge on any atom is 0.300 e. The molecule has 0 bridgehead atoms. The average Bonchev–Trinajstić information content (AvgIpc) is 2.27. The molecule has 1 heterocycles. The lowest BCUT2D eigenvalue weighted by atomic mass is 10.4. The molecule has 0 radical (unpaired) electrons. The van der Waals surface area contributed by atoms with E-state index in [0.29, 0.717) is 11.4 Å². The van der Waals surface area contributed by atoms with Crippen LogP contribution >= 0.6 is 0 Å². The lowest BCUT2D eigenvalue weighted by Gasteiger charge is -2.00. The molecule has 0 aliphatic carbocycles. The van der Waals surface area contributed by atoms with Crippen LogP contribution in [0.2, 0.25) is 0 Å². The van der Waals surface area contributed by atoms with Gasteiger partial charge in [0, 0.05) is 7.05 Å². The molecule has 0 fully saturated rings. The van der Waals surface area contributed by atoms with Gasteiger partial charge in [-0.2, -0.15) is 13.5 Å². The molecule has 0 saturated carbocycles. The molecule has 6 heteroatoms. The fourth-order valence-electron chi connectivity index (χ4n) is 1.20. The SMILES string of the molecule is COS(=O)(=O)c1c(C)nn(C)c1C. The Morgan fingerprint density at radius 1 is 1.38 bits per heavy atom. The van der Waals surface area contributed by atoms with E-state index in [0.717, 1.165) is 7.11 Å². The van der Waals surface area contributed by atoms with Crippen LogP contribution in [0.1, 0.15) is 11.4 Å². The van der Waals surface area contributed by atoms with E-state index < -0.39 is 10.1 Å². The Kier molecular flexibility index (Phi) is 2.44. The number of rotatable bonds is 2. The van der Waals surface area contributed by atoms with Crippen LogP contribution in [-0.2, 0) is 21.3 Å². The molecule has 0 saturated heterocycles. The molecular formula is C7H12N2O3S. The molecule has 0 N–H and O–H groups in total. The van der Waals surface area contributed by atoms with Gasteiger partial charge in [0.05, 0.1) is 18.5 Å². The second-order valence-electron chi connectivity index (χ2n) is 2.74. The van der Waals surface area contributed by atoms with Crippen molar-refractivity contribution in [2.75, 3.05) is 7.11 Å². The van der Waals surface area contributed by atoms with Crippen LogP contribution < -0.4 is 0 Å². The van der Waals surface area contributed by atoms with Gasteiger partial charge in [-0.1, -0.05) is 0 Å². The molecule has 0 atom stereocenters. The second-order valence-corrected chi connectivity index (χ2v) is 4.39. The number of hydrogen-bond donors (Lipinski definition) is 0. The van der Waals surface area contributed by atoms with Crippen LogP contribution in [0.25, 0.3) is 0 Å². The van der Waals surface area contributed by atoms with E-state index in [1.54, 1.807) is 20.9 Å². The zero-order chi connectivity index (χ0) is 10.2. The fourth-order valence-corrected chi connectivity index (χ4v) is 2.26. The zero-order valence-corrected chi connectivity index (χ0v) is 8.84. The lowest BCUT2D eigenvalue weighted by Crippen LogP contribution is -2.05. The fraction of sp³-hybridized carbons (Fsp3) is 0.571. The summed E-state index contributed by atoms with van der Waals surface area (Å²) in [5.74, 6) is 0. The third-order valence-electron chi connectivity index (χ3n) is 1.91. The molecule has 0 unspecified atom stereocenters. The Labute approximate surface area is 77.4 Å². The molecule has 74 valence electrons. The second kappa shape index (κ2) is 3.12. The van der Waals surface area contributed by atoms with E-state index in [-0.39, 0.29) is 4.90 Å². The summed E-state index contributed by atoms with van der Waals surface area (Å²) < 4.78 is 28.7. The Morgan fingerprint density at radius 2 is 1.92 bits per heavy atom. The standard InChI is InChI=1S/C7H12N2O3S/c1-5-7(13(10,11)12-4)6(2)9(3)8-5/h1-4H3. The number of nitrogens with zero attached hydrogens (tertiary/aromatic N) is 2. The largest absolute Gasteiger partial charge is 0.300 e. The summed E-state index contributed by atoms with van der Waals surface area (Å²) in [5, 5.41) is 3.98. The molecular weight excluding hydrogens is 192 g/mol. The minimum absolute atomic E-state index is 0.164. The summed E-state index contributed by atoms with van der Waals surface area (Å²) in [5.41, 5.74) is 1.04. The Bertz CT molecular complexity index is 419. The number of aryl methyl sites for hydroxylation is 2. The summed E-state index contributed by atoms with van der Waals surface area (Å²) in [4.78, 5) is 0.164. The maximum atomic E-state index is 11.4. The summed E-state index contributed by atoms with van der Waals surface area (Å²) in [7, 11) is -0.790.